The van der Waals surface area contributed by atoms with Gasteiger partial charge < -0.3 is 20.9 Å². The summed E-state index contributed by atoms with van der Waals surface area (Å²) in [7, 11) is 0. The highest BCUT2D eigenvalue weighted by molar-refractivity contribution is 6.06. The molecule has 0 saturated carbocycles. The van der Waals surface area contributed by atoms with Crippen LogP contribution in [-0.2, 0) is 20.4 Å². The lowest BCUT2D eigenvalue weighted by Gasteiger charge is -2.28. The largest absolute Gasteiger partial charge is 0.507 e. The highest BCUT2D eigenvalue weighted by atomic mass is 16.6. The Balaban J connectivity index is 2.35. The number of carbonyl (C=O) groups is 2. The Morgan fingerprint density at radius 2 is 1.50 bits per heavy atom. The van der Waals surface area contributed by atoms with Crippen molar-refractivity contribution in [3.05, 3.63) is 57.6 Å². The second-order valence-electron chi connectivity index (χ2n) is 10.4. The molecule has 2 unspecified atom stereocenters. The number of nitro groups is 1. The van der Waals surface area contributed by atoms with Crippen LogP contribution in [0.4, 0.5) is 11.4 Å². The first-order chi connectivity index (χ1) is 15.5. The average molecular weight is 472 g/mol. The number of anilines is 1. The maximum Gasteiger partial charge on any atom is 0.325 e. The Morgan fingerprint density at radius 1 is 1.03 bits per heavy atom. The minimum Gasteiger partial charge on any atom is -0.507 e. The highest BCUT2D eigenvalue weighted by Gasteiger charge is 2.34. The zero-order chi connectivity index (χ0) is 26.0. The molecule has 184 valence electrons. The van der Waals surface area contributed by atoms with Crippen molar-refractivity contribution in [2.75, 3.05) is 5.32 Å². The van der Waals surface area contributed by atoms with Crippen LogP contribution in [0.2, 0.25) is 0 Å². The van der Waals surface area contributed by atoms with Crippen molar-refractivity contribution in [3.63, 3.8) is 0 Å². The first-order valence-electron chi connectivity index (χ1n) is 10.9. The van der Waals surface area contributed by atoms with Gasteiger partial charge in [-0.05, 0) is 42.0 Å². The number of phenols is 1. The molecule has 2 aromatic carbocycles. The first-order valence-corrected chi connectivity index (χ1v) is 10.9. The molecule has 9 nitrogen and oxygen atoms in total. The third kappa shape index (κ3) is 6.32. The lowest BCUT2D eigenvalue weighted by atomic mass is 9.79. The number of non-ortho nitro benzene ring substituents is 1. The number of carbonyl (C=O) groups excluding carboxylic acids is 2. The second-order valence-corrected chi connectivity index (χ2v) is 10.4. The summed E-state index contributed by atoms with van der Waals surface area (Å²) in [4.78, 5) is 36.1. The number of phenolic OH excluding ortho intramolecular Hbond substituents is 1. The van der Waals surface area contributed by atoms with E-state index in [1.165, 1.54) is 31.2 Å². The highest BCUT2D eigenvalue weighted by Crippen LogP contribution is 2.41. The van der Waals surface area contributed by atoms with Crippen LogP contribution in [0.3, 0.4) is 0 Å². The Morgan fingerprint density at radius 3 is 1.88 bits per heavy atom. The molecular formula is C25H33N3O6. The predicted molar refractivity (Wildman–Crippen MR) is 130 cm³/mol. The molecule has 0 aromatic heterocycles. The Labute approximate surface area is 199 Å². The van der Waals surface area contributed by atoms with Crippen molar-refractivity contribution >= 4 is 23.3 Å². The molecule has 2 rings (SSSR count). The summed E-state index contributed by atoms with van der Waals surface area (Å²) in [5, 5.41) is 24.2. The molecule has 0 radical (unpaired) electrons. The van der Waals surface area contributed by atoms with Crippen molar-refractivity contribution in [2.45, 2.75) is 65.3 Å². The van der Waals surface area contributed by atoms with Gasteiger partial charge in [0, 0.05) is 35.0 Å². The van der Waals surface area contributed by atoms with Crippen LogP contribution in [0, 0.1) is 16.0 Å². The zero-order valence-electron chi connectivity index (χ0n) is 20.6. The molecule has 0 fully saturated rings. The van der Waals surface area contributed by atoms with Crippen LogP contribution in [0.1, 0.15) is 59.6 Å². The molecule has 0 saturated heterocycles. The van der Waals surface area contributed by atoms with Gasteiger partial charge >= 0.3 is 5.97 Å². The van der Waals surface area contributed by atoms with Gasteiger partial charge in [0.15, 0.2) is 5.92 Å². The van der Waals surface area contributed by atoms with E-state index >= 15 is 0 Å². The minimum absolute atomic E-state index is 0.127. The van der Waals surface area contributed by atoms with E-state index in [4.69, 9.17) is 10.5 Å². The maximum absolute atomic E-state index is 13.0. The third-order valence-electron chi connectivity index (χ3n) is 5.33. The number of nitrogens with one attached hydrogen (secondary N) is 1. The summed E-state index contributed by atoms with van der Waals surface area (Å²) in [5.41, 5.74) is 6.45. The number of hydrogen-bond acceptors (Lipinski definition) is 7. The monoisotopic (exact) mass is 471 g/mol. The quantitative estimate of drug-likeness (QED) is 0.186. The van der Waals surface area contributed by atoms with E-state index in [-0.39, 0.29) is 22.9 Å². The molecule has 4 N–H and O–H groups in total. The van der Waals surface area contributed by atoms with Gasteiger partial charge in [-0.25, -0.2) is 0 Å². The number of nitrogens with zero attached hydrogens (tertiary/aromatic N) is 1. The fourth-order valence-corrected chi connectivity index (χ4v) is 3.44. The van der Waals surface area contributed by atoms with Crippen LogP contribution >= 0.6 is 0 Å². The van der Waals surface area contributed by atoms with Crippen molar-refractivity contribution < 1.29 is 24.4 Å². The molecule has 0 bridgehead atoms. The fraction of sp³-hybridized carbons (Fsp3) is 0.440. The lowest BCUT2D eigenvalue weighted by molar-refractivity contribution is -0.384. The topological polar surface area (TPSA) is 145 Å². The Kier molecular flexibility index (Phi) is 7.72. The maximum atomic E-state index is 13.0. The van der Waals surface area contributed by atoms with E-state index in [2.05, 4.69) is 5.32 Å². The first kappa shape index (κ1) is 26.8. The molecule has 0 aliphatic carbocycles. The van der Waals surface area contributed by atoms with E-state index in [0.717, 1.165) is 0 Å². The second kappa shape index (κ2) is 9.80. The Hall–Kier alpha value is -3.46. The van der Waals surface area contributed by atoms with Crippen molar-refractivity contribution in [1.82, 2.24) is 0 Å². The summed E-state index contributed by atoms with van der Waals surface area (Å²) in [6.45, 7) is 13.1. The number of aromatic hydroxyl groups is 1. The van der Waals surface area contributed by atoms with Gasteiger partial charge in [0.2, 0.25) is 5.91 Å². The fourth-order valence-electron chi connectivity index (χ4n) is 3.44. The van der Waals surface area contributed by atoms with Crippen LogP contribution in [0.15, 0.2) is 36.4 Å². The molecule has 0 aliphatic rings. The summed E-state index contributed by atoms with van der Waals surface area (Å²) in [6, 6.07) is 7.53. The molecule has 1 amide bonds. The number of nitrogens with two attached hydrogens (primary N) is 1. The lowest BCUT2D eigenvalue weighted by Crippen LogP contribution is -2.43. The van der Waals surface area contributed by atoms with Gasteiger partial charge in [0.1, 0.15) is 11.5 Å². The summed E-state index contributed by atoms with van der Waals surface area (Å²) >= 11 is 0. The average Bonchev–Trinajstić information content (AvgIpc) is 2.67. The molecule has 2 atom stereocenters. The van der Waals surface area contributed by atoms with Crippen LogP contribution < -0.4 is 15.8 Å². The van der Waals surface area contributed by atoms with E-state index in [1.807, 2.05) is 41.5 Å². The molecular weight excluding hydrogens is 438 g/mol. The smallest absolute Gasteiger partial charge is 0.325 e. The number of ether oxygens (including phenoxy) is 1. The molecule has 2 aromatic rings. The van der Waals surface area contributed by atoms with Gasteiger partial charge in [-0.1, -0.05) is 41.5 Å². The van der Waals surface area contributed by atoms with Crippen molar-refractivity contribution in [2.24, 2.45) is 11.7 Å². The van der Waals surface area contributed by atoms with E-state index in [9.17, 15) is 24.8 Å². The van der Waals surface area contributed by atoms with Crippen LogP contribution in [-0.4, -0.2) is 27.9 Å². The van der Waals surface area contributed by atoms with E-state index in [0.29, 0.717) is 11.1 Å². The summed E-state index contributed by atoms with van der Waals surface area (Å²) in [6.07, 6.45) is 0. The molecule has 9 heteroatoms. The number of hydrogen-bond donors (Lipinski definition) is 3. The predicted octanol–water partition coefficient (Wildman–Crippen LogP) is 4.40. The van der Waals surface area contributed by atoms with Crippen molar-refractivity contribution in [1.29, 1.82) is 0 Å². The normalized spacial score (nSPS) is 13.6. The number of amides is 1. The number of nitro benzene ring substituents is 1. The van der Waals surface area contributed by atoms with Gasteiger partial charge in [-0.2, -0.15) is 0 Å². The van der Waals surface area contributed by atoms with Gasteiger partial charge in [0.25, 0.3) is 5.69 Å². The molecule has 0 spiro atoms. The summed E-state index contributed by atoms with van der Waals surface area (Å²) in [5.74, 6) is -2.54. The molecule has 0 heterocycles. The summed E-state index contributed by atoms with van der Waals surface area (Å²) < 4.78 is 5.59. The van der Waals surface area contributed by atoms with Crippen LogP contribution in [0.5, 0.6) is 11.5 Å². The zero-order valence-corrected chi connectivity index (χ0v) is 20.6. The third-order valence-corrected chi connectivity index (χ3v) is 5.33. The van der Waals surface area contributed by atoms with Crippen LogP contribution in [0.25, 0.3) is 0 Å². The minimum atomic E-state index is -1.33. The molecule has 0 aliphatic heterocycles. The van der Waals surface area contributed by atoms with E-state index < -0.39 is 39.6 Å². The van der Waals surface area contributed by atoms with Gasteiger partial charge in [-0.3, -0.25) is 19.7 Å². The standard InChI is InChI=1S/C25H33N3O6/c1-14(26)20(22(30)27-15-8-10-16(11-9-15)28(32)33)23(31)34-17-12-18(24(2,3)4)21(29)19(13-17)25(5,6)7/h8-14,20,29H,26H2,1-7H3,(H,27,30). The SMILES string of the molecule is CC(N)C(C(=O)Nc1ccc([N+](=O)[O-])cc1)C(=O)Oc1cc(C(C)(C)C)c(O)c(C(C)(C)C)c1. The molecule has 34 heavy (non-hydrogen) atoms. The van der Waals surface area contributed by atoms with E-state index in [1.54, 1.807) is 12.1 Å². The van der Waals surface area contributed by atoms with Gasteiger partial charge in [-0.15, -0.1) is 0 Å². The number of benzene rings is 2. The Bertz CT molecular complexity index is 1040. The number of rotatable bonds is 6. The number of esters is 1. The van der Waals surface area contributed by atoms with Crippen molar-refractivity contribution in [3.8, 4) is 11.5 Å². The van der Waals surface area contributed by atoms with Gasteiger partial charge in [0.05, 0.1) is 4.92 Å².